The molecule has 0 bridgehead atoms. The predicted molar refractivity (Wildman–Crippen MR) is 58.6 cm³/mol. The van der Waals surface area contributed by atoms with Gasteiger partial charge < -0.3 is 5.73 Å². The van der Waals surface area contributed by atoms with Crippen molar-refractivity contribution in [3.8, 4) is 0 Å². The standard InChI is InChI=1S/C11H9N2OS.Ir/c12-10-7-4-8-11(13-10)15(14)9-5-2-1-3-6-9;/h1-5,7-8H,(H2,12,13);/q-1;. The van der Waals surface area contributed by atoms with E-state index in [4.69, 9.17) is 5.73 Å². The molecule has 1 aromatic carbocycles. The summed E-state index contributed by atoms with van der Waals surface area (Å²) in [6.45, 7) is 0. The van der Waals surface area contributed by atoms with Crippen LogP contribution in [0.5, 0.6) is 0 Å². The Morgan fingerprint density at radius 2 is 2.00 bits per heavy atom. The summed E-state index contributed by atoms with van der Waals surface area (Å²) in [7, 11) is -1.30. The Kier molecular flexibility index (Phi) is 4.80. The Morgan fingerprint density at radius 1 is 1.19 bits per heavy atom. The summed E-state index contributed by atoms with van der Waals surface area (Å²) < 4.78 is 12.0. The number of hydrogen-bond acceptors (Lipinski definition) is 3. The Bertz CT molecular complexity index is 490. The first-order valence-electron chi connectivity index (χ1n) is 4.38. The Balaban J connectivity index is 0.00000128. The van der Waals surface area contributed by atoms with E-state index in [-0.39, 0.29) is 20.1 Å². The van der Waals surface area contributed by atoms with Crippen molar-refractivity contribution in [2.45, 2.75) is 9.92 Å². The maximum Gasteiger partial charge on any atom is 0.132 e. The number of rotatable bonds is 2. The molecule has 1 heterocycles. The number of nitrogen functional groups attached to an aromatic ring is 1. The van der Waals surface area contributed by atoms with Crippen molar-refractivity contribution in [3.63, 3.8) is 0 Å². The molecule has 1 atom stereocenters. The van der Waals surface area contributed by atoms with E-state index in [2.05, 4.69) is 11.1 Å². The summed E-state index contributed by atoms with van der Waals surface area (Å²) >= 11 is 0. The molecule has 0 fully saturated rings. The Labute approximate surface area is 110 Å². The predicted octanol–water partition coefficient (Wildman–Crippen LogP) is 1.63. The first-order chi connectivity index (χ1) is 7.27. The van der Waals surface area contributed by atoms with E-state index in [0.717, 1.165) is 0 Å². The van der Waals surface area contributed by atoms with Crippen molar-refractivity contribution in [2.24, 2.45) is 0 Å². The normalized spacial score (nSPS) is 11.5. The molecule has 3 nitrogen and oxygen atoms in total. The fraction of sp³-hybridized carbons (Fsp3) is 0. The van der Waals surface area contributed by atoms with Crippen molar-refractivity contribution in [1.82, 2.24) is 4.98 Å². The van der Waals surface area contributed by atoms with Gasteiger partial charge in [-0.1, -0.05) is 11.0 Å². The molecule has 85 valence electrons. The Morgan fingerprint density at radius 3 is 2.62 bits per heavy atom. The van der Waals surface area contributed by atoms with Crippen LogP contribution in [0.15, 0.2) is 52.4 Å². The summed E-state index contributed by atoms with van der Waals surface area (Å²) in [5.74, 6) is 0.372. The molecule has 0 saturated heterocycles. The van der Waals surface area contributed by atoms with E-state index in [0.29, 0.717) is 15.7 Å². The smallest absolute Gasteiger partial charge is 0.132 e. The van der Waals surface area contributed by atoms with Crippen LogP contribution < -0.4 is 5.73 Å². The maximum absolute atomic E-state index is 12.0. The number of nitrogens with zero attached hydrogens (tertiary/aromatic N) is 1. The number of pyridine rings is 1. The van der Waals surface area contributed by atoms with Gasteiger partial charge in [-0.05, 0) is 12.1 Å². The van der Waals surface area contributed by atoms with Crippen molar-refractivity contribution in [2.75, 3.05) is 5.73 Å². The molecule has 2 rings (SSSR count). The molecule has 0 aliphatic heterocycles. The van der Waals surface area contributed by atoms with Crippen molar-refractivity contribution in [3.05, 3.63) is 48.5 Å². The van der Waals surface area contributed by atoms with Crippen molar-refractivity contribution < 1.29 is 24.3 Å². The second-order valence-electron chi connectivity index (χ2n) is 2.90. The van der Waals surface area contributed by atoms with E-state index in [1.54, 1.807) is 30.3 Å². The van der Waals surface area contributed by atoms with Crippen LogP contribution in [0.2, 0.25) is 0 Å². The fourth-order valence-corrected chi connectivity index (χ4v) is 2.13. The topological polar surface area (TPSA) is 56.0 Å². The van der Waals surface area contributed by atoms with Gasteiger partial charge in [-0.25, -0.2) is 9.19 Å². The number of nitrogens with two attached hydrogens (primary N) is 1. The fourth-order valence-electron chi connectivity index (χ4n) is 1.14. The molecule has 0 amide bonds. The van der Waals surface area contributed by atoms with Gasteiger partial charge in [-0.2, -0.15) is 30.3 Å². The number of hydrogen-bond donors (Lipinski definition) is 1. The van der Waals surface area contributed by atoms with Crippen LogP contribution in [0.25, 0.3) is 0 Å². The minimum atomic E-state index is -1.30. The third-order valence-electron chi connectivity index (χ3n) is 1.82. The van der Waals surface area contributed by atoms with Crippen LogP contribution in [0.4, 0.5) is 5.82 Å². The monoisotopic (exact) mass is 410 g/mol. The molecule has 0 spiro atoms. The molecule has 5 heteroatoms. The first kappa shape index (κ1) is 13.0. The van der Waals surface area contributed by atoms with Crippen LogP contribution in [-0.4, -0.2) is 9.19 Å². The van der Waals surface area contributed by atoms with Crippen LogP contribution in [0.3, 0.4) is 0 Å². The van der Waals surface area contributed by atoms with E-state index >= 15 is 0 Å². The third kappa shape index (κ3) is 2.98. The zero-order valence-corrected chi connectivity index (χ0v) is 11.4. The number of aromatic nitrogens is 1. The SMILES string of the molecule is Nc1cccc(S(=O)c2[c-]cccc2)n1.[Ir]. The van der Waals surface area contributed by atoms with Gasteiger partial charge in [-0.15, -0.1) is 0 Å². The summed E-state index contributed by atoms with van der Waals surface area (Å²) in [5, 5.41) is 0.456. The molecule has 0 aliphatic rings. The van der Waals surface area contributed by atoms with Crippen LogP contribution in [0, 0.1) is 6.07 Å². The molecule has 16 heavy (non-hydrogen) atoms. The average Bonchev–Trinajstić information content (AvgIpc) is 2.29. The van der Waals surface area contributed by atoms with Crippen LogP contribution in [0.1, 0.15) is 0 Å². The van der Waals surface area contributed by atoms with Gasteiger partial charge >= 0.3 is 0 Å². The van der Waals surface area contributed by atoms with Gasteiger partial charge in [0.05, 0.1) is 10.8 Å². The molecule has 1 unspecified atom stereocenters. The largest absolute Gasteiger partial charge is 0.384 e. The van der Waals surface area contributed by atoms with Gasteiger partial charge in [0.15, 0.2) is 0 Å². The van der Waals surface area contributed by atoms with E-state index in [9.17, 15) is 4.21 Å². The zero-order valence-electron chi connectivity index (χ0n) is 8.22. The average molecular weight is 409 g/mol. The van der Waals surface area contributed by atoms with Gasteiger partial charge in [0.1, 0.15) is 10.8 Å². The molecule has 2 N–H and O–H groups in total. The second kappa shape index (κ2) is 5.89. The van der Waals surface area contributed by atoms with Crippen molar-refractivity contribution in [1.29, 1.82) is 0 Å². The van der Waals surface area contributed by atoms with Gasteiger partial charge in [0.25, 0.3) is 0 Å². The molecular weight excluding hydrogens is 400 g/mol. The van der Waals surface area contributed by atoms with Crippen LogP contribution in [-0.2, 0) is 30.9 Å². The van der Waals surface area contributed by atoms with E-state index < -0.39 is 10.8 Å². The molecule has 0 aliphatic carbocycles. The first-order valence-corrected chi connectivity index (χ1v) is 5.53. The van der Waals surface area contributed by atoms with E-state index in [1.165, 1.54) is 0 Å². The van der Waals surface area contributed by atoms with E-state index in [1.807, 2.05) is 12.1 Å². The summed E-state index contributed by atoms with van der Waals surface area (Å²) in [6.07, 6.45) is 0. The quantitative estimate of drug-likeness (QED) is 0.767. The Hall–Kier alpha value is -1.03. The van der Waals surface area contributed by atoms with Gasteiger partial charge in [0.2, 0.25) is 0 Å². The van der Waals surface area contributed by atoms with Gasteiger partial charge in [-0.3, -0.25) is 0 Å². The molecule has 0 saturated carbocycles. The van der Waals surface area contributed by atoms with Crippen molar-refractivity contribution >= 4 is 16.6 Å². The minimum Gasteiger partial charge on any atom is -0.384 e. The maximum atomic E-state index is 12.0. The second-order valence-corrected chi connectivity index (χ2v) is 4.29. The zero-order chi connectivity index (χ0) is 10.7. The molecular formula is C11H9IrN2OS-. The van der Waals surface area contributed by atoms with Gasteiger partial charge in [0, 0.05) is 20.1 Å². The molecule has 2 aromatic rings. The number of benzene rings is 1. The van der Waals surface area contributed by atoms with Crippen LogP contribution >= 0.6 is 0 Å². The number of anilines is 1. The summed E-state index contributed by atoms with van der Waals surface area (Å²) in [6, 6.07) is 15.1. The summed E-state index contributed by atoms with van der Waals surface area (Å²) in [5.41, 5.74) is 5.52. The summed E-state index contributed by atoms with van der Waals surface area (Å²) in [4.78, 5) is 4.61. The molecule has 1 aromatic heterocycles. The third-order valence-corrected chi connectivity index (χ3v) is 3.08. The minimum absolute atomic E-state index is 0. The molecule has 1 radical (unpaired) electrons.